The highest BCUT2D eigenvalue weighted by atomic mass is 35.5. The van der Waals surface area contributed by atoms with Gasteiger partial charge in [0.1, 0.15) is 18.4 Å². The van der Waals surface area contributed by atoms with Gasteiger partial charge in [-0.2, -0.15) is 0 Å². The van der Waals surface area contributed by atoms with Gasteiger partial charge in [0.15, 0.2) is 0 Å². The van der Waals surface area contributed by atoms with E-state index < -0.39 is 34.3 Å². The van der Waals surface area contributed by atoms with Gasteiger partial charge in [-0.25, -0.2) is 12.8 Å². The van der Waals surface area contributed by atoms with E-state index in [1.165, 1.54) is 35.2 Å². The molecule has 1 fully saturated rings. The van der Waals surface area contributed by atoms with Crippen molar-refractivity contribution in [2.24, 2.45) is 0 Å². The van der Waals surface area contributed by atoms with Crippen LogP contribution in [0.25, 0.3) is 0 Å². The van der Waals surface area contributed by atoms with E-state index in [0.29, 0.717) is 10.6 Å². The van der Waals surface area contributed by atoms with E-state index in [1.807, 2.05) is 6.92 Å². The maximum absolute atomic E-state index is 15.0. The van der Waals surface area contributed by atoms with Crippen molar-refractivity contribution >= 4 is 50.7 Å². The van der Waals surface area contributed by atoms with Gasteiger partial charge < -0.3 is 10.2 Å². The lowest BCUT2D eigenvalue weighted by Gasteiger charge is -2.32. The molecule has 1 N–H and O–H groups in total. The van der Waals surface area contributed by atoms with Crippen molar-refractivity contribution in [2.45, 2.75) is 63.1 Å². The van der Waals surface area contributed by atoms with Crippen molar-refractivity contribution in [1.29, 1.82) is 0 Å². The molecular formula is C30H32Cl2FN3O4S. The van der Waals surface area contributed by atoms with Gasteiger partial charge >= 0.3 is 0 Å². The van der Waals surface area contributed by atoms with Crippen LogP contribution in [0.15, 0.2) is 71.6 Å². The minimum absolute atomic E-state index is 0.0173. The second-order valence-electron chi connectivity index (χ2n) is 10.2. The Bertz CT molecular complexity index is 1510. The first kappa shape index (κ1) is 30.8. The summed E-state index contributed by atoms with van der Waals surface area (Å²) in [4.78, 5) is 28.4. The molecule has 3 aromatic carbocycles. The van der Waals surface area contributed by atoms with Gasteiger partial charge in [0.2, 0.25) is 11.8 Å². The zero-order chi connectivity index (χ0) is 29.7. The number of hydrogen-bond acceptors (Lipinski definition) is 4. The Morgan fingerprint density at radius 1 is 1.00 bits per heavy atom. The van der Waals surface area contributed by atoms with Crippen LogP contribution in [0.5, 0.6) is 0 Å². The number of aryl methyl sites for hydroxylation is 1. The first-order valence-electron chi connectivity index (χ1n) is 13.3. The van der Waals surface area contributed by atoms with Gasteiger partial charge in [-0.3, -0.25) is 13.9 Å². The molecule has 4 rings (SSSR count). The molecule has 1 atom stereocenters. The summed E-state index contributed by atoms with van der Waals surface area (Å²) < 4.78 is 43.4. The Morgan fingerprint density at radius 3 is 2.29 bits per heavy atom. The largest absolute Gasteiger partial charge is 0.352 e. The highest BCUT2D eigenvalue weighted by Crippen LogP contribution is 2.28. The summed E-state index contributed by atoms with van der Waals surface area (Å²) in [6, 6.07) is 15.3. The molecule has 11 heteroatoms. The number of benzene rings is 3. The van der Waals surface area contributed by atoms with Crippen LogP contribution < -0.4 is 9.62 Å². The molecular weight excluding hydrogens is 588 g/mol. The Balaban J connectivity index is 1.70. The Morgan fingerprint density at radius 2 is 1.66 bits per heavy atom. The third-order valence-electron chi connectivity index (χ3n) is 7.21. The molecule has 7 nitrogen and oxygen atoms in total. The standard InChI is InChI=1S/C30H32Cl2FN3O4S/c1-20-11-14-24(15-12-20)41(39,40)36(28-10-6-5-9-27(28)33)19-29(37)35(18-22-13-16-25(31)26(32)17-22)21(2)30(38)34-23-7-3-4-8-23/h5-6,9-17,21,23H,3-4,7-8,18-19H2,1-2H3,(H,34,38)/t21-/m1/s1. The van der Waals surface area contributed by atoms with Gasteiger partial charge in [0.05, 0.1) is 20.6 Å². The van der Waals surface area contributed by atoms with Crippen LogP contribution in [-0.4, -0.2) is 43.8 Å². The van der Waals surface area contributed by atoms with Crippen molar-refractivity contribution in [2.75, 3.05) is 10.8 Å². The van der Waals surface area contributed by atoms with Gasteiger partial charge in [0, 0.05) is 12.6 Å². The molecule has 218 valence electrons. The fourth-order valence-corrected chi connectivity index (χ4v) is 6.56. The normalized spacial score (nSPS) is 14.5. The monoisotopic (exact) mass is 619 g/mol. The summed E-state index contributed by atoms with van der Waals surface area (Å²) in [6.45, 7) is 2.61. The number of para-hydroxylation sites is 1. The quantitative estimate of drug-likeness (QED) is 0.296. The number of halogens is 3. The zero-order valence-corrected chi connectivity index (χ0v) is 25.1. The predicted molar refractivity (Wildman–Crippen MR) is 159 cm³/mol. The van der Waals surface area contributed by atoms with Crippen LogP contribution in [0.1, 0.15) is 43.7 Å². The average molecular weight is 621 g/mol. The highest BCUT2D eigenvalue weighted by molar-refractivity contribution is 7.92. The number of amides is 2. The van der Waals surface area contributed by atoms with Crippen molar-refractivity contribution in [3.05, 3.63) is 93.7 Å². The fourth-order valence-electron chi connectivity index (χ4n) is 4.81. The maximum atomic E-state index is 15.0. The minimum Gasteiger partial charge on any atom is -0.352 e. The van der Waals surface area contributed by atoms with Crippen molar-refractivity contribution in [3.63, 3.8) is 0 Å². The zero-order valence-electron chi connectivity index (χ0n) is 22.8. The average Bonchev–Trinajstić information content (AvgIpc) is 3.45. The lowest BCUT2D eigenvalue weighted by atomic mass is 10.1. The SMILES string of the molecule is Cc1ccc(S(=O)(=O)N(CC(=O)N(Cc2ccc(Cl)c(Cl)c2)[C@H](C)C(=O)NC2CCCC2)c2ccccc2F)cc1. The molecule has 3 aromatic rings. The summed E-state index contributed by atoms with van der Waals surface area (Å²) >= 11 is 12.3. The van der Waals surface area contributed by atoms with Crippen LogP contribution in [0.2, 0.25) is 10.0 Å². The summed E-state index contributed by atoms with van der Waals surface area (Å²) in [5.41, 5.74) is 1.15. The molecule has 0 radical (unpaired) electrons. The lowest BCUT2D eigenvalue weighted by Crippen LogP contribution is -2.52. The number of carbonyl (C=O) groups excluding carboxylic acids is 2. The molecule has 0 heterocycles. The number of rotatable bonds is 10. The topological polar surface area (TPSA) is 86.8 Å². The second kappa shape index (κ2) is 13.2. The molecule has 0 unspecified atom stereocenters. The molecule has 0 bridgehead atoms. The molecule has 0 spiro atoms. The number of anilines is 1. The molecule has 1 saturated carbocycles. The molecule has 0 aromatic heterocycles. The van der Waals surface area contributed by atoms with Crippen LogP contribution in [0.3, 0.4) is 0 Å². The Labute approximate surface area is 250 Å². The Kier molecular flexibility index (Phi) is 9.94. The molecule has 0 aliphatic heterocycles. The van der Waals surface area contributed by atoms with E-state index in [-0.39, 0.29) is 34.1 Å². The predicted octanol–water partition coefficient (Wildman–Crippen LogP) is 6.11. The van der Waals surface area contributed by atoms with Crippen LogP contribution in [0.4, 0.5) is 10.1 Å². The van der Waals surface area contributed by atoms with E-state index in [1.54, 1.807) is 37.3 Å². The van der Waals surface area contributed by atoms with Crippen LogP contribution in [-0.2, 0) is 26.2 Å². The third-order valence-corrected chi connectivity index (χ3v) is 9.73. The Hall–Kier alpha value is -3.14. The molecule has 1 aliphatic carbocycles. The number of nitrogens with zero attached hydrogens (tertiary/aromatic N) is 2. The summed E-state index contributed by atoms with van der Waals surface area (Å²) in [5.74, 6) is -1.85. The van der Waals surface area contributed by atoms with Gasteiger partial charge in [-0.1, -0.05) is 71.9 Å². The van der Waals surface area contributed by atoms with Crippen molar-refractivity contribution < 1.29 is 22.4 Å². The number of sulfonamides is 1. The summed E-state index contributed by atoms with van der Waals surface area (Å²) in [5, 5.41) is 3.61. The summed E-state index contributed by atoms with van der Waals surface area (Å²) in [7, 11) is -4.37. The second-order valence-corrected chi connectivity index (χ2v) is 12.9. The first-order valence-corrected chi connectivity index (χ1v) is 15.5. The first-order chi connectivity index (χ1) is 19.5. The van der Waals surface area contributed by atoms with Crippen LogP contribution in [0, 0.1) is 12.7 Å². The fraction of sp³-hybridized carbons (Fsp3) is 0.333. The lowest BCUT2D eigenvalue weighted by molar-refractivity contribution is -0.139. The van der Waals surface area contributed by atoms with E-state index in [9.17, 15) is 18.0 Å². The third kappa shape index (κ3) is 7.39. The van der Waals surface area contributed by atoms with E-state index in [4.69, 9.17) is 23.2 Å². The maximum Gasteiger partial charge on any atom is 0.264 e. The molecule has 41 heavy (non-hydrogen) atoms. The number of nitrogens with one attached hydrogen (secondary N) is 1. The highest BCUT2D eigenvalue weighted by Gasteiger charge is 2.34. The van der Waals surface area contributed by atoms with Crippen LogP contribution >= 0.6 is 23.2 Å². The van der Waals surface area contributed by atoms with E-state index >= 15 is 4.39 Å². The molecule has 2 amide bonds. The summed E-state index contributed by atoms with van der Waals surface area (Å²) in [6.07, 6.45) is 3.74. The van der Waals surface area contributed by atoms with E-state index in [2.05, 4.69) is 5.32 Å². The van der Waals surface area contributed by atoms with Gasteiger partial charge in [-0.15, -0.1) is 0 Å². The molecule has 1 aliphatic rings. The van der Waals surface area contributed by atoms with Gasteiger partial charge in [0.25, 0.3) is 10.0 Å². The van der Waals surface area contributed by atoms with Crippen molar-refractivity contribution in [1.82, 2.24) is 10.2 Å². The van der Waals surface area contributed by atoms with E-state index in [0.717, 1.165) is 41.6 Å². The number of carbonyl (C=O) groups is 2. The van der Waals surface area contributed by atoms with Crippen molar-refractivity contribution in [3.8, 4) is 0 Å². The number of hydrogen-bond donors (Lipinski definition) is 1. The van der Waals surface area contributed by atoms with Gasteiger partial charge in [-0.05, 0) is 68.7 Å². The smallest absolute Gasteiger partial charge is 0.264 e. The minimum atomic E-state index is -4.37. The molecule has 0 saturated heterocycles.